The standard InChI is InChI=1S/C18H34N2O4/c1-2-3-4-5-6-7-8-9-10-11-14-23-17(21)12-13-20-18(22)16(19)15-24-20/h16H,2-15,19H2,1H3/t16-/m0/s1. The van der Waals surface area contributed by atoms with Gasteiger partial charge < -0.3 is 10.5 Å². The molecule has 1 atom stereocenters. The monoisotopic (exact) mass is 342 g/mol. The Morgan fingerprint density at radius 3 is 2.25 bits per heavy atom. The molecule has 0 spiro atoms. The van der Waals surface area contributed by atoms with E-state index in [0.717, 1.165) is 17.9 Å². The van der Waals surface area contributed by atoms with Crippen molar-refractivity contribution in [3.05, 3.63) is 0 Å². The molecular weight excluding hydrogens is 308 g/mol. The first-order valence-electron chi connectivity index (χ1n) is 9.50. The van der Waals surface area contributed by atoms with Crippen LogP contribution in [0.15, 0.2) is 0 Å². The van der Waals surface area contributed by atoms with Crippen LogP contribution in [0.2, 0.25) is 0 Å². The fourth-order valence-electron chi connectivity index (χ4n) is 2.71. The molecule has 0 aromatic rings. The summed E-state index contributed by atoms with van der Waals surface area (Å²) in [6.07, 6.45) is 12.7. The van der Waals surface area contributed by atoms with Gasteiger partial charge in [-0.05, 0) is 6.42 Å². The van der Waals surface area contributed by atoms with E-state index in [2.05, 4.69) is 6.92 Å². The molecular formula is C18H34N2O4. The minimum Gasteiger partial charge on any atom is -0.466 e. The predicted molar refractivity (Wildman–Crippen MR) is 93.1 cm³/mol. The van der Waals surface area contributed by atoms with Crippen molar-refractivity contribution >= 4 is 11.9 Å². The summed E-state index contributed by atoms with van der Waals surface area (Å²) in [5.74, 6) is -0.555. The number of unbranched alkanes of at least 4 members (excludes halogenated alkanes) is 9. The second-order valence-corrected chi connectivity index (χ2v) is 6.50. The number of hydroxylamine groups is 2. The third-order valence-corrected chi connectivity index (χ3v) is 4.25. The molecule has 1 amide bonds. The molecule has 0 aliphatic carbocycles. The van der Waals surface area contributed by atoms with E-state index in [-0.39, 0.29) is 31.4 Å². The fourth-order valence-corrected chi connectivity index (χ4v) is 2.71. The van der Waals surface area contributed by atoms with Gasteiger partial charge in [-0.25, -0.2) is 5.06 Å². The lowest BCUT2D eigenvalue weighted by Gasteiger charge is -2.13. The van der Waals surface area contributed by atoms with Gasteiger partial charge in [0.05, 0.1) is 26.2 Å². The maximum atomic E-state index is 11.6. The summed E-state index contributed by atoms with van der Waals surface area (Å²) in [4.78, 5) is 28.2. The number of hydrogen-bond acceptors (Lipinski definition) is 5. The highest BCUT2D eigenvalue weighted by molar-refractivity contribution is 5.82. The van der Waals surface area contributed by atoms with Crippen LogP contribution < -0.4 is 5.73 Å². The van der Waals surface area contributed by atoms with Gasteiger partial charge in [0.15, 0.2) is 0 Å². The molecule has 0 bridgehead atoms. The summed E-state index contributed by atoms with van der Waals surface area (Å²) < 4.78 is 5.17. The van der Waals surface area contributed by atoms with Crippen molar-refractivity contribution in [3.8, 4) is 0 Å². The molecule has 0 unspecified atom stereocenters. The minimum atomic E-state index is -0.604. The van der Waals surface area contributed by atoms with Gasteiger partial charge in [0, 0.05) is 0 Å². The van der Waals surface area contributed by atoms with Gasteiger partial charge in [0.2, 0.25) is 0 Å². The lowest BCUT2D eigenvalue weighted by Crippen LogP contribution is -2.35. The van der Waals surface area contributed by atoms with Crippen LogP contribution in [0.5, 0.6) is 0 Å². The van der Waals surface area contributed by atoms with Crippen LogP contribution in [0.3, 0.4) is 0 Å². The van der Waals surface area contributed by atoms with E-state index in [0.29, 0.717) is 6.61 Å². The maximum Gasteiger partial charge on any atom is 0.307 e. The van der Waals surface area contributed by atoms with E-state index in [9.17, 15) is 9.59 Å². The van der Waals surface area contributed by atoms with Crippen LogP contribution in [-0.4, -0.2) is 42.7 Å². The molecule has 1 saturated heterocycles. The Bertz CT molecular complexity index is 363. The second kappa shape index (κ2) is 13.2. The van der Waals surface area contributed by atoms with Crippen molar-refractivity contribution in [3.63, 3.8) is 0 Å². The number of hydrogen-bond donors (Lipinski definition) is 1. The zero-order valence-electron chi connectivity index (χ0n) is 15.1. The molecule has 0 saturated carbocycles. The molecule has 1 aliphatic rings. The topological polar surface area (TPSA) is 81.9 Å². The first kappa shape index (κ1) is 20.9. The van der Waals surface area contributed by atoms with Gasteiger partial charge in [-0.15, -0.1) is 0 Å². The second-order valence-electron chi connectivity index (χ2n) is 6.50. The fraction of sp³-hybridized carbons (Fsp3) is 0.889. The van der Waals surface area contributed by atoms with Crippen LogP contribution in [0, 0.1) is 0 Å². The molecule has 2 N–H and O–H groups in total. The highest BCUT2D eigenvalue weighted by Gasteiger charge is 2.30. The number of carbonyl (C=O) groups excluding carboxylic acids is 2. The number of carbonyl (C=O) groups is 2. The smallest absolute Gasteiger partial charge is 0.307 e. The number of nitrogens with zero attached hydrogens (tertiary/aromatic N) is 1. The molecule has 1 heterocycles. The SMILES string of the molecule is CCCCCCCCCCCCOC(=O)CCN1OC[C@H](N)C1=O. The zero-order chi connectivity index (χ0) is 17.6. The Morgan fingerprint density at radius 2 is 1.71 bits per heavy atom. The molecule has 1 aliphatic heterocycles. The quantitative estimate of drug-likeness (QED) is 0.388. The predicted octanol–water partition coefficient (Wildman–Crippen LogP) is 2.94. The number of ether oxygens (including phenoxy) is 1. The summed E-state index contributed by atoms with van der Waals surface area (Å²) in [6.45, 7) is 3.10. The Labute approximate surface area is 146 Å². The van der Waals surface area contributed by atoms with Crippen molar-refractivity contribution in [1.29, 1.82) is 0 Å². The van der Waals surface area contributed by atoms with Crippen molar-refractivity contribution in [2.75, 3.05) is 19.8 Å². The number of amides is 1. The number of rotatable bonds is 14. The summed E-state index contributed by atoms with van der Waals surface area (Å²) in [5.41, 5.74) is 5.52. The van der Waals surface area contributed by atoms with Gasteiger partial charge >= 0.3 is 5.97 Å². The van der Waals surface area contributed by atoms with E-state index in [1.54, 1.807) is 0 Å². The molecule has 6 heteroatoms. The Balaban J connectivity index is 1.85. The molecule has 140 valence electrons. The first-order valence-corrected chi connectivity index (χ1v) is 9.50. The largest absolute Gasteiger partial charge is 0.466 e. The van der Waals surface area contributed by atoms with E-state index in [1.165, 1.54) is 51.4 Å². The number of esters is 1. The van der Waals surface area contributed by atoms with Gasteiger partial charge in [0.1, 0.15) is 6.04 Å². The summed E-state index contributed by atoms with van der Waals surface area (Å²) in [5, 5.41) is 1.16. The minimum absolute atomic E-state index is 0.149. The Morgan fingerprint density at radius 1 is 1.12 bits per heavy atom. The van der Waals surface area contributed by atoms with Gasteiger partial charge in [0.25, 0.3) is 5.91 Å². The van der Waals surface area contributed by atoms with Crippen molar-refractivity contribution < 1.29 is 19.2 Å². The lowest BCUT2D eigenvalue weighted by atomic mass is 10.1. The van der Waals surface area contributed by atoms with Crippen LogP contribution >= 0.6 is 0 Å². The lowest BCUT2D eigenvalue weighted by molar-refractivity contribution is -0.165. The molecule has 0 aromatic carbocycles. The normalized spacial score (nSPS) is 17.5. The van der Waals surface area contributed by atoms with Crippen LogP contribution in [0.4, 0.5) is 0 Å². The Hall–Kier alpha value is -1.14. The van der Waals surface area contributed by atoms with Gasteiger partial charge in [-0.3, -0.25) is 14.4 Å². The van der Waals surface area contributed by atoms with E-state index in [4.69, 9.17) is 15.3 Å². The zero-order valence-corrected chi connectivity index (χ0v) is 15.1. The molecule has 1 rings (SSSR count). The van der Waals surface area contributed by atoms with E-state index in [1.807, 2.05) is 0 Å². The third-order valence-electron chi connectivity index (χ3n) is 4.25. The average Bonchev–Trinajstić information content (AvgIpc) is 2.89. The van der Waals surface area contributed by atoms with Crippen LogP contribution in [0.25, 0.3) is 0 Å². The van der Waals surface area contributed by atoms with Crippen molar-refractivity contribution in [1.82, 2.24) is 5.06 Å². The van der Waals surface area contributed by atoms with Gasteiger partial charge in [-0.1, -0.05) is 64.7 Å². The van der Waals surface area contributed by atoms with E-state index < -0.39 is 6.04 Å². The summed E-state index contributed by atoms with van der Waals surface area (Å²) >= 11 is 0. The van der Waals surface area contributed by atoms with Crippen LogP contribution in [-0.2, 0) is 19.2 Å². The first-order chi connectivity index (χ1) is 11.6. The molecule has 0 aromatic heterocycles. The molecule has 6 nitrogen and oxygen atoms in total. The highest BCUT2D eigenvalue weighted by atomic mass is 16.7. The molecule has 1 fully saturated rings. The highest BCUT2D eigenvalue weighted by Crippen LogP contribution is 2.11. The van der Waals surface area contributed by atoms with Crippen LogP contribution in [0.1, 0.15) is 77.6 Å². The molecule has 24 heavy (non-hydrogen) atoms. The molecule has 0 radical (unpaired) electrons. The Kier molecular flexibility index (Phi) is 11.5. The summed E-state index contributed by atoms with van der Waals surface area (Å²) in [7, 11) is 0. The third kappa shape index (κ3) is 9.23. The van der Waals surface area contributed by atoms with Gasteiger partial charge in [-0.2, -0.15) is 0 Å². The van der Waals surface area contributed by atoms with E-state index >= 15 is 0 Å². The maximum absolute atomic E-state index is 11.6. The van der Waals surface area contributed by atoms with Crippen molar-refractivity contribution in [2.45, 2.75) is 83.6 Å². The average molecular weight is 342 g/mol. The van der Waals surface area contributed by atoms with Crippen molar-refractivity contribution in [2.24, 2.45) is 5.73 Å². The summed E-state index contributed by atoms with van der Waals surface area (Å²) in [6, 6.07) is -0.604. The number of nitrogens with two attached hydrogens (primary N) is 1.